The van der Waals surface area contributed by atoms with Gasteiger partial charge in [-0.15, -0.1) is 0 Å². The molecule has 0 spiro atoms. The largest absolute Gasteiger partial charge is 0.481 e. The second kappa shape index (κ2) is 11.1. The number of rotatable bonds is 5. The molecular formula is C14H21NO4. The van der Waals surface area contributed by atoms with Crippen LogP contribution in [0.5, 0.6) is 0 Å². The van der Waals surface area contributed by atoms with Gasteiger partial charge >= 0.3 is 12.1 Å². The maximum absolute atomic E-state index is 10.9. The van der Waals surface area contributed by atoms with Gasteiger partial charge in [-0.2, -0.15) is 0 Å². The third-order valence-corrected chi connectivity index (χ3v) is 2.04. The number of nitrogens with one attached hydrogen (secondary N) is 1. The first-order valence-electron chi connectivity index (χ1n) is 6.30. The van der Waals surface area contributed by atoms with Crippen molar-refractivity contribution in [2.45, 2.75) is 33.1 Å². The number of aliphatic carboxylic acids is 1. The number of benzene rings is 1. The van der Waals surface area contributed by atoms with Crippen molar-refractivity contribution >= 4 is 17.7 Å². The van der Waals surface area contributed by atoms with Crippen molar-refractivity contribution in [3.63, 3.8) is 0 Å². The van der Waals surface area contributed by atoms with Gasteiger partial charge in [0.05, 0.1) is 6.61 Å². The monoisotopic (exact) mass is 267 g/mol. The maximum Gasteiger partial charge on any atom is 0.411 e. The van der Waals surface area contributed by atoms with Gasteiger partial charge in [-0.05, 0) is 25.5 Å². The van der Waals surface area contributed by atoms with Gasteiger partial charge in [0.2, 0.25) is 0 Å². The summed E-state index contributed by atoms with van der Waals surface area (Å²) >= 11 is 0. The van der Waals surface area contributed by atoms with E-state index in [-0.39, 0.29) is 0 Å². The van der Waals surface area contributed by atoms with Crippen LogP contribution in [0.4, 0.5) is 10.5 Å². The summed E-state index contributed by atoms with van der Waals surface area (Å²) in [5.74, 6) is -0.693. The zero-order valence-electron chi connectivity index (χ0n) is 11.4. The van der Waals surface area contributed by atoms with Crippen LogP contribution in [0.2, 0.25) is 0 Å². The van der Waals surface area contributed by atoms with Gasteiger partial charge in [-0.3, -0.25) is 10.1 Å². The van der Waals surface area contributed by atoms with E-state index in [0.29, 0.717) is 13.0 Å². The third-order valence-electron chi connectivity index (χ3n) is 2.04. The molecule has 1 aromatic carbocycles. The van der Waals surface area contributed by atoms with E-state index >= 15 is 0 Å². The molecule has 0 aliphatic carbocycles. The SMILES string of the molecule is CCCCC(=O)O.CCOC(=O)Nc1ccccc1. The Morgan fingerprint density at radius 3 is 2.26 bits per heavy atom. The summed E-state index contributed by atoms with van der Waals surface area (Å²) in [6, 6.07) is 9.19. The Kier molecular flexibility index (Phi) is 9.88. The summed E-state index contributed by atoms with van der Waals surface area (Å²) in [6.45, 7) is 4.13. The number of hydrogen-bond acceptors (Lipinski definition) is 3. The van der Waals surface area contributed by atoms with E-state index in [2.05, 4.69) is 5.32 Å². The van der Waals surface area contributed by atoms with Crippen LogP contribution in [0, 0.1) is 0 Å². The Bertz CT molecular complexity index is 365. The van der Waals surface area contributed by atoms with Crippen molar-refractivity contribution in [2.75, 3.05) is 11.9 Å². The fourth-order valence-corrected chi connectivity index (χ4v) is 1.13. The third kappa shape index (κ3) is 10.8. The van der Waals surface area contributed by atoms with Crippen LogP contribution in [0.1, 0.15) is 33.1 Å². The van der Waals surface area contributed by atoms with Crippen molar-refractivity contribution in [3.8, 4) is 0 Å². The summed E-state index contributed by atoms with van der Waals surface area (Å²) in [5.41, 5.74) is 0.746. The molecule has 106 valence electrons. The van der Waals surface area contributed by atoms with Gasteiger partial charge in [0.25, 0.3) is 0 Å². The summed E-state index contributed by atoms with van der Waals surface area (Å²) < 4.78 is 4.70. The highest BCUT2D eigenvalue weighted by molar-refractivity contribution is 5.84. The molecule has 1 aromatic rings. The number of para-hydroxylation sites is 1. The topological polar surface area (TPSA) is 75.6 Å². The number of carbonyl (C=O) groups is 2. The Morgan fingerprint density at radius 1 is 1.21 bits per heavy atom. The van der Waals surface area contributed by atoms with Crippen molar-refractivity contribution in [3.05, 3.63) is 30.3 Å². The quantitative estimate of drug-likeness (QED) is 0.855. The van der Waals surface area contributed by atoms with E-state index in [1.165, 1.54) is 0 Å². The van der Waals surface area contributed by atoms with E-state index in [0.717, 1.165) is 18.5 Å². The van der Waals surface area contributed by atoms with Crippen LogP contribution in [0.3, 0.4) is 0 Å². The first kappa shape index (κ1) is 17.0. The molecular weight excluding hydrogens is 246 g/mol. The number of hydrogen-bond donors (Lipinski definition) is 2. The van der Waals surface area contributed by atoms with Crippen LogP contribution in [-0.4, -0.2) is 23.8 Å². The zero-order chi connectivity index (χ0) is 14.5. The Morgan fingerprint density at radius 2 is 1.84 bits per heavy atom. The van der Waals surface area contributed by atoms with E-state index in [1.807, 2.05) is 25.1 Å². The van der Waals surface area contributed by atoms with Crippen LogP contribution >= 0.6 is 0 Å². The number of carbonyl (C=O) groups excluding carboxylic acids is 1. The van der Waals surface area contributed by atoms with Gasteiger partial charge in [-0.1, -0.05) is 31.5 Å². The molecule has 5 nitrogen and oxygen atoms in total. The number of carboxylic acid groups (broad SMARTS) is 1. The van der Waals surface area contributed by atoms with Gasteiger partial charge in [0.15, 0.2) is 0 Å². The van der Waals surface area contributed by atoms with E-state index in [9.17, 15) is 9.59 Å². The first-order valence-corrected chi connectivity index (χ1v) is 6.30. The highest BCUT2D eigenvalue weighted by atomic mass is 16.5. The Balaban J connectivity index is 0.000000399. The van der Waals surface area contributed by atoms with Crippen LogP contribution in [-0.2, 0) is 9.53 Å². The second-order valence-corrected chi connectivity index (χ2v) is 3.71. The molecule has 1 amide bonds. The molecule has 1 rings (SSSR count). The summed E-state index contributed by atoms with van der Waals surface area (Å²) in [7, 11) is 0. The molecule has 0 unspecified atom stereocenters. The number of unbranched alkanes of at least 4 members (excludes halogenated alkanes) is 1. The fraction of sp³-hybridized carbons (Fsp3) is 0.429. The number of ether oxygens (including phenoxy) is 1. The second-order valence-electron chi connectivity index (χ2n) is 3.71. The predicted molar refractivity (Wildman–Crippen MR) is 74.2 cm³/mol. The molecule has 0 fully saturated rings. The number of carboxylic acids is 1. The fourth-order valence-electron chi connectivity index (χ4n) is 1.13. The van der Waals surface area contributed by atoms with Crippen molar-refractivity contribution in [1.29, 1.82) is 0 Å². The van der Waals surface area contributed by atoms with Gasteiger partial charge < -0.3 is 9.84 Å². The minimum absolute atomic E-state index is 0.316. The average molecular weight is 267 g/mol. The van der Waals surface area contributed by atoms with E-state index in [4.69, 9.17) is 9.84 Å². The Labute approximate surface area is 113 Å². The lowest BCUT2D eigenvalue weighted by atomic mass is 10.3. The summed E-state index contributed by atoms with van der Waals surface area (Å²) in [5, 5.41) is 10.6. The minimum atomic E-state index is -0.693. The molecule has 0 aromatic heterocycles. The average Bonchev–Trinajstić information content (AvgIpc) is 2.38. The van der Waals surface area contributed by atoms with Crippen LogP contribution in [0.15, 0.2) is 30.3 Å². The predicted octanol–water partition coefficient (Wildman–Crippen LogP) is 3.52. The molecule has 0 aliphatic rings. The highest BCUT2D eigenvalue weighted by Crippen LogP contribution is 2.04. The van der Waals surface area contributed by atoms with E-state index < -0.39 is 12.1 Å². The van der Waals surface area contributed by atoms with Crippen LogP contribution in [0.25, 0.3) is 0 Å². The molecule has 0 saturated heterocycles. The normalized spacial score (nSPS) is 8.95. The molecule has 0 radical (unpaired) electrons. The highest BCUT2D eigenvalue weighted by Gasteiger charge is 1.98. The lowest BCUT2D eigenvalue weighted by molar-refractivity contribution is -0.137. The number of amides is 1. The molecule has 0 atom stereocenters. The van der Waals surface area contributed by atoms with Crippen molar-refractivity contribution in [1.82, 2.24) is 0 Å². The molecule has 0 aliphatic heterocycles. The summed E-state index contributed by atoms with van der Waals surface area (Å²) in [4.78, 5) is 20.6. The van der Waals surface area contributed by atoms with Gasteiger partial charge in [0, 0.05) is 12.1 Å². The maximum atomic E-state index is 10.9. The molecule has 5 heteroatoms. The zero-order valence-corrected chi connectivity index (χ0v) is 11.4. The minimum Gasteiger partial charge on any atom is -0.481 e. The van der Waals surface area contributed by atoms with E-state index in [1.54, 1.807) is 19.1 Å². The standard InChI is InChI=1S/C9H11NO2.C5H10O2/c1-2-12-9(11)10-8-6-4-3-5-7-8;1-2-3-4-5(6)7/h3-7H,2H2,1H3,(H,10,11);2-4H2,1H3,(H,6,7). The molecule has 0 bridgehead atoms. The molecule has 0 saturated carbocycles. The first-order chi connectivity index (χ1) is 9.10. The van der Waals surface area contributed by atoms with Gasteiger partial charge in [0.1, 0.15) is 0 Å². The molecule has 2 N–H and O–H groups in total. The molecule has 19 heavy (non-hydrogen) atoms. The molecule has 0 heterocycles. The lowest BCUT2D eigenvalue weighted by Crippen LogP contribution is -2.12. The van der Waals surface area contributed by atoms with Crippen LogP contribution < -0.4 is 5.32 Å². The smallest absolute Gasteiger partial charge is 0.411 e. The van der Waals surface area contributed by atoms with Gasteiger partial charge in [-0.25, -0.2) is 4.79 Å². The lowest BCUT2D eigenvalue weighted by Gasteiger charge is -2.03. The number of anilines is 1. The van der Waals surface area contributed by atoms with Crippen molar-refractivity contribution < 1.29 is 19.4 Å². The summed E-state index contributed by atoms with van der Waals surface area (Å²) in [6.07, 6.45) is 1.67. The van der Waals surface area contributed by atoms with Crippen molar-refractivity contribution in [2.24, 2.45) is 0 Å². The Hall–Kier alpha value is -2.04.